The molecule has 1 atom stereocenters. The second-order valence-electron chi connectivity index (χ2n) is 6.04. The minimum absolute atomic E-state index is 0.312. The molecular formula is C14H23N3. The molecule has 94 valence electrons. The predicted molar refractivity (Wildman–Crippen MR) is 69.0 cm³/mol. The first kappa shape index (κ1) is 11.3. The number of nitrogens with zero attached hydrogens (tertiary/aromatic N) is 2. The van der Waals surface area contributed by atoms with Crippen LogP contribution in [0.1, 0.15) is 51.3 Å². The van der Waals surface area contributed by atoms with E-state index in [1.54, 1.807) is 0 Å². The quantitative estimate of drug-likeness (QED) is 0.866. The van der Waals surface area contributed by atoms with Crippen molar-refractivity contribution >= 4 is 0 Å². The van der Waals surface area contributed by atoms with Crippen LogP contribution in [-0.4, -0.2) is 21.6 Å². The Hall–Kier alpha value is -0.830. The summed E-state index contributed by atoms with van der Waals surface area (Å²) in [5, 5.41) is 3.75. The van der Waals surface area contributed by atoms with Crippen LogP contribution in [0.4, 0.5) is 0 Å². The summed E-state index contributed by atoms with van der Waals surface area (Å²) in [6.45, 7) is 5.86. The number of imidazole rings is 1. The van der Waals surface area contributed by atoms with Gasteiger partial charge in [-0.3, -0.25) is 0 Å². The highest BCUT2D eigenvalue weighted by Crippen LogP contribution is 2.38. The van der Waals surface area contributed by atoms with E-state index >= 15 is 0 Å². The third-order valence-electron chi connectivity index (χ3n) is 4.57. The van der Waals surface area contributed by atoms with Gasteiger partial charge in [-0.1, -0.05) is 13.8 Å². The van der Waals surface area contributed by atoms with Crippen molar-refractivity contribution in [2.24, 2.45) is 5.92 Å². The van der Waals surface area contributed by atoms with E-state index in [2.05, 4.69) is 34.9 Å². The van der Waals surface area contributed by atoms with Crippen molar-refractivity contribution in [1.29, 1.82) is 0 Å². The van der Waals surface area contributed by atoms with E-state index in [1.165, 1.54) is 37.9 Å². The second kappa shape index (κ2) is 4.13. The highest BCUT2D eigenvalue weighted by atomic mass is 15.1. The number of hydrogen-bond donors (Lipinski definition) is 1. The highest BCUT2D eigenvalue weighted by molar-refractivity contribution is 5.11. The van der Waals surface area contributed by atoms with Gasteiger partial charge in [0.25, 0.3) is 0 Å². The van der Waals surface area contributed by atoms with Crippen molar-refractivity contribution in [2.75, 3.05) is 6.54 Å². The molecule has 1 saturated carbocycles. The van der Waals surface area contributed by atoms with Crippen LogP contribution in [0, 0.1) is 5.92 Å². The number of nitrogens with one attached hydrogen (secondary N) is 1. The molecule has 17 heavy (non-hydrogen) atoms. The third-order valence-corrected chi connectivity index (χ3v) is 4.57. The van der Waals surface area contributed by atoms with Gasteiger partial charge in [0.1, 0.15) is 0 Å². The number of rotatable bonds is 4. The van der Waals surface area contributed by atoms with Crippen LogP contribution in [-0.2, 0) is 6.42 Å². The summed E-state index contributed by atoms with van der Waals surface area (Å²) in [5.74, 6) is 0.688. The van der Waals surface area contributed by atoms with E-state index < -0.39 is 0 Å². The van der Waals surface area contributed by atoms with Crippen molar-refractivity contribution < 1.29 is 0 Å². The molecule has 1 aliphatic carbocycles. The molecule has 1 unspecified atom stereocenters. The standard InChI is InChI=1S/C14H23N3/c1-11(2)14(6-3-7-16-14)8-13-9-15-10-17(13)12-4-5-12/h9-12,16H,3-8H2,1-2H3. The normalized spacial score (nSPS) is 29.1. The molecule has 0 radical (unpaired) electrons. The van der Waals surface area contributed by atoms with Gasteiger partial charge in [-0.05, 0) is 38.1 Å². The van der Waals surface area contributed by atoms with Crippen molar-refractivity contribution in [3.63, 3.8) is 0 Å². The smallest absolute Gasteiger partial charge is 0.0950 e. The van der Waals surface area contributed by atoms with Crippen molar-refractivity contribution in [1.82, 2.24) is 14.9 Å². The summed E-state index contributed by atoms with van der Waals surface area (Å²) in [6.07, 6.45) is 10.5. The van der Waals surface area contributed by atoms with Crippen LogP contribution < -0.4 is 5.32 Å². The zero-order valence-corrected chi connectivity index (χ0v) is 10.9. The fourth-order valence-electron chi connectivity index (χ4n) is 3.15. The monoisotopic (exact) mass is 233 g/mol. The summed E-state index contributed by atoms with van der Waals surface area (Å²) in [7, 11) is 0. The molecule has 3 nitrogen and oxygen atoms in total. The molecule has 3 rings (SSSR count). The van der Waals surface area contributed by atoms with E-state index in [9.17, 15) is 0 Å². The average Bonchev–Trinajstić information content (AvgIpc) is 2.86. The Kier molecular flexibility index (Phi) is 2.74. The van der Waals surface area contributed by atoms with E-state index in [4.69, 9.17) is 0 Å². The van der Waals surface area contributed by atoms with E-state index in [1.807, 2.05) is 6.33 Å². The van der Waals surface area contributed by atoms with Gasteiger partial charge in [0, 0.05) is 29.9 Å². The zero-order chi connectivity index (χ0) is 11.9. The molecule has 2 aliphatic rings. The second-order valence-corrected chi connectivity index (χ2v) is 6.04. The molecule has 0 amide bonds. The van der Waals surface area contributed by atoms with Gasteiger partial charge in [-0.15, -0.1) is 0 Å². The lowest BCUT2D eigenvalue weighted by molar-refractivity contribution is 0.264. The molecule has 1 aromatic rings. The molecule has 2 fully saturated rings. The molecule has 1 N–H and O–H groups in total. The first-order chi connectivity index (χ1) is 8.21. The molecule has 0 spiro atoms. The summed E-state index contributed by atoms with van der Waals surface area (Å²) < 4.78 is 2.41. The van der Waals surface area contributed by atoms with Gasteiger partial charge in [0.2, 0.25) is 0 Å². The molecule has 1 saturated heterocycles. The lowest BCUT2D eigenvalue weighted by Gasteiger charge is -2.34. The molecule has 3 heteroatoms. The zero-order valence-electron chi connectivity index (χ0n) is 10.9. The van der Waals surface area contributed by atoms with Crippen LogP contribution in [0.3, 0.4) is 0 Å². The Balaban J connectivity index is 1.82. The fraction of sp³-hybridized carbons (Fsp3) is 0.786. The van der Waals surface area contributed by atoms with Crippen LogP contribution >= 0.6 is 0 Å². The summed E-state index contributed by atoms with van der Waals surface area (Å²) in [5.41, 5.74) is 1.74. The van der Waals surface area contributed by atoms with Crippen LogP contribution in [0.15, 0.2) is 12.5 Å². The van der Waals surface area contributed by atoms with Crippen molar-refractivity contribution in [3.8, 4) is 0 Å². The predicted octanol–water partition coefficient (Wildman–Crippen LogP) is 2.54. The molecule has 1 aliphatic heterocycles. The van der Waals surface area contributed by atoms with Crippen LogP contribution in [0.2, 0.25) is 0 Å². The molecule has 0 bridgehead atoms. The maximum absolute atomic E-state index is 4.35. The average molecular weight is 233 g/mol. The Bertz CT molecular complexity index is 384. The van der Waals surface area contributed by atoms with E-state index in [0.29, 0.717) is 11.5 Å². The molecule has 0 aromatic carbocycles. The van der Waals surface area contributed by atoms with Crippen molar-refractivity contribution in [3.05, 3.63) is 18.2 Å². The summed E-state index contributed by atoms with van der Waals surface area (Å²) in [4.78, 5) is 4.35. The largest absolute Gasteiger partial charge is 0.331 e. The van der Waals surface area contributed by atoms with Gasteiger partial charge >= 0.3 is 0 Å². The first-order valence-electron chi connectivity index (χ1n) is 6.97. The van der Waals surface area contributed by atoms with E-state index in [0.717, 1.165) is 12.5 Å². The van der Waals surface area contributed by atoms with Gasteiger partial charge in [-0.25, -0.2) is 4.98 Å². The third kappa shape index (κ3) is 2.01. The molecule has 2 heterocycles. The molecule has 1 aromatic heterocycles. The SMILES string of the molecule is CC(C)C1(Cc2cncn2C2CC2)CCCN1. The van der Waals surface area contributed by atoms with Gasteiger partial charge in [0.05, 0.1) is 6.33 Å². The van der Waals surface area contributed by atoms with E-state index in [-0.39, 0.29) is 0 Å². The minimum Gasteiger partial charge on any atom is -0.331 e. The Labute approximate surface area is 104 Å². The van der Waals surface area contributed by atoms with Gasteiger partial charge in [-0.2, -0.15) is 0 Å². The Morgan fingerprint density at radius 2 is 2.35 bits per heavy atom. The maximum Gasteiger partial charge on any atom is 0.0950 e. The maximum atomic E-state index is 4.35. The van der Waals surface area contributed by atoms with Gasteiger partial charge in [0.15, 0.2) is 0 Å². The summed E-state index contributed by atoms with van der Waals surface area (Å²) in [6, 6.07) is 0.748. The lowest BCUT2D eigenvalue weighted by Crippen LogP contribution is -2.47. The Morgan fingerprint density at radius 1 is 1.53 bits per heavy atom. The lowest BCUT2D eigenvalue weighted by atomic mass is 9.81. The number of hydrogen-bond acceptors (Lipinski definition) is 2. The molecular weight excluding hydrogens is 210 g/mol. The number of aromatic nitrogens is 2. The highest BCUT2D eigenvalue weighted by Gasteiger charge is 2.38. The first-order valence-corrected chi connectivity index (χ1v) is 6.97. The van der Waals surface area contributed by atoms with Crippen LogP contribution in [0.25, 0.3) is 0 Å². The fourth-order valence-corrected chi connectivity index (χ4v) is 3.15. The van der Waals surface area contributed by atoms with Crippen molar-refractivity contribution in [2.45, 2.75) is 57.5 Å². The minimum atomic E-state index is 0.312. The topological polar surface area (TPSA) is 29.9 Å². The van der Waals surface area contributed by atoms with Gasteiger partial charge < -0.3 is 9.88 Å². The van der Waals surface area contributed by atoms with Crippen LogP contribution in [0.5, 0.6) is 0 Å². The summed E-state index contributed by atoms with van der Waals surface area (Å²) >= 11 is 0. The Morgan fingerprint density at radius 3 is 2.94 bits per heavy atom.